The Morgan fingerprint density at radius 2 is 2.21 bits per heavy atom. The lowest BCUT2D eigenvalue weighted by Gasteiger charge is -2.15. The molecule has 0 fully saturated rings. The van der Waals surface area contributed by atoms with Crippen molar-refractivity contribution in [2.45, 2.75) is 13.0 Å². The maximum Gasteiger partial charge on any atom is 0.433 e. The largest absolute Gasteiger partial charge is 0.433 e. The molecule has 7 heteroatoms. The normalized spacial score (nSPS) is 12.5. The first-order valence-corrected chi connectivity index (χ1v) is 7.43. The van der Waals surface area contributed by atoms with Gasteiger partial charge < -0.3 is 14.0 Å². The molecule has 0 aliphatic rings. The van der Waals surface area contributed by atoms with Crippen molar-refractivity contribution in [2.24, 2.45) is 0 Å². The number of para-hydroxylation sites is 1. The Morgan fingerprint density at radius 3 is 2.92 bits per heavy atom. The second kappa shape index (κ2) is 5.38. The zero-order chi connectivity index (χ0) is 16.7. The van der Waals surface area contributed by atoms with E-state index in [9.17, 15) is 10.1 Å². The molecule has 24 heavy (non-hydrogen) atoms. The number of fused-ring (bicyclic) bond motifs is 1. The van der Waals surface area contributed by atoms with Gasteiger partial charge in [0.05, 0.1) is 12.4 Å². The number of nitro groups is 1. The lowest BCUT2D eigenvalue weighted by Crippen LogP contribution is -2.09. The van der Waals surface area contributed by atoms with E-state index in [0.29, 0.717) is 5.76 Å². The van der Waals surface area contributed by atoms with Gasteiger partial charge in [0.1, 0.15) is 16.7 Å². The van der Waals surface area contributed by atoms with Crippen molar-refractivity contribution in [1.29, 1.82) is 0 Å². The van der Waals surface area contributed by atoms with Crippen LogP contribution in [0.5, 0.6) is 0 Å². The molecular formula is C17H14N4O3. The first kappa shape index (κ1) is 14.3. The van der Waals surface area contributed by atoms with Crippen LogP contribution in [-0.4, -0.2) is 19.5 Å². The zero-order valence-electron chi connectivity index (χ0n) is 12.8. The topological polar surface area (TPSA) is 89.9 Å². The van der Waals surface area contributed by atoms with Crippen LogP contribution >= 0.6 is 0 Å². The number of hydrogen-bond donors (Lipinski definition) is 1. The second-order valence-electron chi connectivity index (χ2n) is 5.59. The predicted octanol–water partition coefficient (Wildman–Crippen LogP) is 3.81. The van der Waals surface area contributed by atoms with Gasteiger partial charge in [0.2, 0.25) is 0 Å². The summed E-state index contributed by atoms with van der Waals surface area (Å²) in [6.07, 6.45) is 7.07. The maximum absolute atomic E-state index is 11.0. The number of H-pyrrole nitrogens is 1. The molecule has 1 atom stereocenters. The summed E-state index contributed by atoms with van der Waals surface area (Å²) in [5.74, 6) is 0.216. The first-order chi connectivity index (χ1) is 11.6. The van der Waals surface area contributed by atoms with Crippen molar-refractivity contribution in [2.75, 3.05) is 0 Å². The minimum Gasteiger partial charge on any atom is -0.403 e. The van der Waals surface area contributed by atoms with Crippen molar-refractivity contribution in [3.05, 3.63) is 82.3 Å². The Balaban J connectivity index is 1.92. The third kappa shape index (κ3) is 2.18. The van der Waals surface area contributed by atoms with Gasteiger partial charge in [-0.25, -0.2) is 4.98 Å². The van der Waals surface area contributed by atoms with E-state index < -0.39 is 4.92 Å². The molecule has 3 heterocycles. The van der Waals surface area contributed by atoms with Gasteiger partial charge in [-0.15, -0.1) is 0 Å². The van der Waals surface area contributed by atoms with Gasteiger partial charge in [-0.3, -0.25) is 10.1 Å². The molecule has 0 saturated carbocycles. The quantitative estimate of drug-likeness (QED) is 0.457. The van der Waals surface area contributed by atoms with Crippen molar-refractivity contribution in [3.8, 4) is 0 Å². The molecule has 7 nitrogen and oxygen atoms in total. The van der Waals surface area contributed by atoms with Crippen LogP contribution in [0, 0.1) is 17.0 Å². The van der Waals surface area contributed by atoms with Gasteiger partial charge in [-0.05, 0) is 18.6 Å². The fraction of sp³-hybridized carbons (Fsp3) is 0.118. The van der Waals surface area contributed by atoms with Gasteiger partial charge in [0, 0.05) is 35.1 Å². The van der Waals surface area contributed by atoms with Gasteiger partial charge in [0.15, 0.2) is 0 Å². The number of aromatic amines is 1. The Morgan fingerprint density at radius 1 is 1.33 bits per heavy atom. The van der Waals surface area contributed by atoms with Crippen LogP contribution in [0.15, 0.2) is 59.7 Å². The Bertz CT molecular complexity index is 1010. The lowest BCUT2D eigenvalue weighted by molar-refractivity contribution is -0.402. The molecule has 0 bridgehead atoms. The monoisotopic (exact) mass is 322 g/mol. The number of rotatable bonds is 4. The molecule has 0 saturated heterocycles. The maximum atomic E-state index is 11.0. The van der Waals surface area contributed by atoms with Crippen LogP contribution in [0.25, 0.3) is 10.9 Å². The molecule has 0 aliphatic heterocycles. The third-order valence-corrected chi connectivity index (χ3v) is 4.14. The number of hydrogen-bond acceptors (Lipinski definition) is 4. The van der Waals surface area contributed by atoms with E-state index in [-0.39, 0.29) is 11.9 Å². The number of imidazole rings is 1. The van der Waals surface area contributed by atoms with E-state index in [4.69, 9.17) is 4.42 Å². The fourth-order valence-corrected chi connectivity index (χ4v) is 3.02. The van der Waals surface area contributed by atoms with Crippen LogP contribution in [-0.2, 0) is 0 Å². The van der Waals surface area contributed by atoms with E-state index in [1.54, 1.807) is 18.6 Å². The van der Waals surface area contributed by atoms with Gasteiger partial charge in [-0.2, -0.15) is 0 Å². The molecule has 0 amide bonds. The molecule has 4 rings (SSSR count). The Labute approximate surface area is 136 Å². The van der Waals surface area contributed by atoms with Crippen LogP contribution in [0.2, 0.25) is 0 Å². The summed E-state index contributed by atoms with van der Waals surface area (Å²) in [7, 11) is 0. The van der Waals surface area contributed by atoms with E-state index in [1.165, 1.54) is 6.07 Å². The number of aromatic nitrogens is 3. The second-order valence-corrected chi connectivity index (χ2v) is 5.59. The van der Waals surface area contributed by atoms with Crippen LogP contribution in [0.1, 0.15) is 22.9 Å². The Hall–Kier alpha value is -3.35. The summed E-state index contributed by atoms with van der Waals surface area (Å²) in [4.78, 5) is 17.8. The molecular weight excluding hydrogens is 308 g/mol. The van der Waals surface area contributed by atoms with E-state index in [2.05, 4.69) is 9.97 Å². The third-order valence-electron chi connectivity index (χ3n) is 4.14. The van der Waals surface area contributed by atoms with Crippen molar-refractivity contribution < 1.29 is 9.34 Å². The summed E-state index contributed by atoms with van der Waals surface area (Å²) in [5.41, 5.74) is 3.14. The average Bonchev–Trinajstić information content (AvgIpc) is 3.29. The van der Waals surface area contributed by atoms with Crippen molar-refractivity contribution in [3.63, 3.8) is 0 Å². The molecule has 4 aromatic rings. The van der Waals surface area contributed by atoms with Gasteiger partial charge in [0.25, 0.3) is 0 Å². The predicted molar refractivity (Wildman–Crippen MR) is 87.9 cm³/mol. The number of furan rings is 1. The molecule has 0 radical (unpaired) electrons. The molecule has 120 valence electrons. The van der Waals surface area contributed by atoms with Crippen LogP contribution < -0.4 is 0 Å². The fourth-order valence-electron chi connectivity index (χ4n) is 3.02. The van der Waals surface area contributed by atoms with E-state index in [1.807, 2.05) is 42.1 Å². The van der Waals surface area contributed by atoms with Crippen LogP contribution in [0.3, 0.4) is 0 Å². The summed E-state index contributed by atoms with van der Waals surface area (Å²) >= 11 is 0. The molecule has 0 spiro atoms. The number of benzene rings is 1. The summed E-state index contributed by atoms with van der Waals surface area (Å²) in [6.45, 7) is 2.03. The summed E-state index contributed by atoms with van der Waals surface area (Å²) in [6, 6.07) is 8.72. The van der Waals surface area contributed by atoms with Crippen molar-refractivity contribution in [1.82, 2.24) is 14.5 Å². The van der Waals surface area contributed by atoms with Crippen LogP contribution in [0.4, 0.5) is 5.88 Å². The highest BCUT2D eigenvalue weighted by Crippen LogP contribution is 2.35. The molecule has 0 aliphatic carbocycles. The number of nitrogens with zero attached hydrogens (tertiary/aromatic N) is 3. The minimum atomic E-state index is -0.534. The highest BCUT2D eigenvalue weighted by atomic mass is 16.6. The SMILES string of the molecule is Cc1cccc2c(C(c3ccc([N+](=O)[O-])o3)n3ccnc3)c[nH]c12. The lowest BCUT2D eigenvalue weighted by atomic mass is 10.0. The zero-order valence-corrected chi connectivity index (χ0v) is 12.8. The van der Waals surface area contributed by atoms with Gasteiger partial charge >= 0.3 is 5.88 Å². The Kier molecular flexibility index (Phi) is 3.19. The van der Waals surface area contributed by atoms with E-state index in [0.717, 1.165) is 22.0 Å². The minimum absolute atomic E-state index is 0.272. The smallest absolute Gasteiger partial charge is 0.403 e. The average molecular weight is 322 g/mol. The highest BCUT2D eigenvalue weighted by Gasteiger charge is 2.25. The summed E-state index contributed by atoms with van der Waals surface area (Å²) in [5, 5.41) is 12.0. The molecule has 1 unspecified atom stereocenters. The molecule has 1 N–H and O–H groups in total. The highest BCUT2D eigenvalue weighted by molar-refractivity contribution is 5.86. The standard InChI is InChI=1S/C17H14N4O3/c1-11-3-2-4-12-13(9-19-16(11)12)17(20-8-7-18-10-20)14-5-6-15(24-14)21(22)23/h2-10,17,19H,1H3. The number of nitrogens with one attached hydrogen (secondary N) is 1. The van der Waals surface area contributed by atoms with Gasteiger partial charge in [-0.1, -0.05) is 18.2 Å². The van der Waals surface area contributed by atoms with E-state index >= 15 is 0 Å². The van der Waals surface area contributed by atoms with Crippen molar-refractivity contribution >= 4 is 16.8 Å². The first-order valence-electron chi connectivity index (χ1n) is 7.43. The molecule has 1 aromatic carbocycles. The summed E-state index contributed by atoms with van der Waals surface area (Å²) < 4.78 is 7.34. The number of aryl methyl sites for hydroxylation is 1. The molecule has 3 aromatic heterocycles.